The van der Waals surface area contributed by atoms with Gasteiger partial charge in [-0.2, -0.15) is 13.2 Å². The second kappa shape index (κ2) is 9.43. The Hall–Kier alpha value is -3.69. The standard InChI is InChI=1S/C23H16F6O4/c24-22(25,26)17-6-10-18(11-7-17)32-20-13-16(2-1-15(20)5-12-21(30)31)14-3-8-19(9-4-14)33-23(27,28)29/h1-4,6-11,13H,5,12H2,(H,30,31). The first-order valence-corrected chi connectivity index (χ1v) is 9.47. The van der Waals surface area contributed by atoms with Crippen molar-refractivity contribution in [1.29, 1.82) is 0 Å². The van der Waals surface area contributed by atoms with Gasteiger partial charge in [-0.1, -0.05) is 24.3 Å². The van der Waals surface area contributed by atoms with Crippen LogP contribution in [0.25, 0.3) is 11.1 Å². The molecule has 174 valence electrons. The normalized spacial score (nSPS) is 11.8. The van der Waals surface area contributed by atoms with Gasteiger partial charge in [0.15, 0.2) is 0 Å². The number of rotatable bonds is 7. The number of hydrogen-bond donors (Lipinski definition) is 1. The van der Waals surface area contributed by atoms with Crippen molar-refractivity contribution in [1.82, 2.24) is 0 Å². The van der Waals surface area contributed by atoms with Crippen LogP contribution < -0.4 is 9.47 Å². The summed E-state index contributed by atoms with van der Waals surface area (Å²) in [6.45, 7) is 0. The van der Waals surface area contributed by atoms with Crippen LogP contribution in [0.5, 0.6) is 17.2 Å². The Morgan fingerprint density at radius 3 is 1.91 bits per heavy atom. The lowest BCUT2D eigenvalue weighted by Gasteiger charge is -2.14. The molecule has 4 nitrogen and oxygen atoms in total. The minimum absolute atomic E-state index is 0.101. The second-order valence-electron chi connectivity index (χ2n) is 6.91. The molecular weight excluding hydrogens is 454 g/mol. The zero-order chi connectivity index (χ0) is 24.2. The van der Waals surface area contributed by atoms with E-state index in [-0.39, 0.29) is 24.3 Å². The number of ether oxygens (including phenoxy) is 2. The Kier molecular flexibility index (Phi) is 6.85. The van der Waals surface area contributed by atoms with E-state index in [1.807, 2.05) is 0 Å². The number of carbonyl (C=O) groups is 1. The highest BCUT2D eigenvalue weighted by Crippen LogP contribution is 2.35. The smallest absolute Gasteiger partial charge is 0.481 e. The van der Waals surface area contributed by atoms with Crippen molar-refractivity contribution in [3.63, 3.8) is 0 Å². The molecule has 0 bridgehead atoms. The van der Waals surface area contributed by atoms with Crippen molar-refractivity contribution >= 4 is 5.97 Å². The van der Waals surface area contributed by atoms with Crippen LogP contribution in [-0.4, -0.2) is 17.4 Å². The average Bonchev–Trinajstić information content (AvgIpc) is 2.72. The summed E-state index contributed by atoms with van der Waals surface area (Å²) in [5.41, 5.74) is 0.704. The third-order valence-corrected chi connectivity index (χ3v) is 4.51. The Balaban J connectivity index is 1.90. The molecule has 0 fully saturated rings. The average molecular weight is 470 g/mol. The lowest BCUT2D eigenvalue weighted by atomic mass is 10.0. The fraction of sp³-hybridized carbons (Fsp3) is 0.174. The Morgan fingerprint density at radius 1 is 0.788 bits per heavy atom. The van der Waals surface area contributed by atoms with Crippen molar-refractivity contribution in [2.24, 2.45) is 0 Å². The largest absolute Gasteiger partial charge is 0.573 e. The van der Waals surface area contributed by atoms with Crippen LogP contribution in [0.15, 0.2) is 66.7 Å². The second-order valence-corrected chi connectivity index (χ2v) is 6.91. The third kappa shape index (κ3) is 6.90. The van der Waals surface area contributed by atoms with Crippen molar-refractivity contribution in [3.8, 4) is 28.4 Å². The minimum Gasteiger partial charge on any atom is -0.481 e. The third-order valence-electron chi connectivity index (χ3n) is 4.51. The monoisotopic (exact) mass is 470 g/mol. The number of benzene rings is 3. The highest BCUT2D eigenvalue weighted by molar-refractivity contribution is 5.69. The van der Waals surface area contributed by atoms with Crippen LogP contribution in [0.4, 0.5) is 26.3 Å². The topological polar surface area (TPSA) is 55.8 Å². The molecular formula is C23H16F6O4. The minimum atomic E-state index is -4.82. The summed E-state index contributed by atoms with van der Waals surface area (Å²) in [6.07, 6.45) is -9.43. The molecule has 1 N–H and O–H groups in total. The zero-order valence-corrected chi connectivity index (χ0v) is 16.7. The predicted molar refractivity (Wildman–Crippen MR) is 106 cm³/mol. The fourth-order valence-electron chi connectivity index (χ4n) is 2.97. The summed E-state index contributed by atoms with van der Waals surface area (Å²) in [4.78, 5) is 11.0. The quantitative estimate of drug-likeness (QED) is 0.375. The highest BCUT2D eigenvalue weighted by Gasteiger charge is 2.31. The molecule has 0 radical (unpaired) electrons. The maximum atomic E-state index is 12.8. The Bertz CT molecular complexity index is 1100. The van der Waals surface area contributed by atoms with Gasteiger partial charge in [0, 0.05) is 6.42 Å². The molecule has 10 heteroatoms. The Labute approximate surface area is 184 Å². The summed E-state index contributed by atoms with van der Waals surface area (Å²) in [5.74, 6) is -1.12. The molecule has 0 unspecified atom stereocenters. The van der Waals surface area contributed by atoms with Crippen LogP contribution >= 0.6 is 0 Å². The molecule has 3 aromatic rings. The summed E-state index contributed by atoms with van der Waals surface area (Å²) < 4.78 is 84.9. The van der Waals surface area contributed by atoms with E-state index < -0.39 is 29.8 Å². The summed E-state index contributed by atoms with van der Waals surface area (Å²) in [7, 11) is 0. The van der Waals surface area contributed by atoms with Gasteiger partial charge in [0.25, 0.3) is 0 Å². The van der Waals surface area contributed by atoms with E-state index in [4.69, 9.17) is 9.84 Å². The van der Waals surface area contributed by atoms with Crippen molar-refractivity contribution < 1.29 is 45.7 Å². The first kappa shape index (κ1) is 24.0. The van der Waals surface area contributed by atoms with E-state index in [1.54, 1.807) is 12.1 Å². The zero-order valence-electron chi connectivity index (χ0n) is 16.7. The molecule has 0 amide bonds. The molecule has 0 atom stereocenters. The van der Waals surface area contributed by atoms with E-state index in [2.05, 4.69) is 4.74 Å². The summed E-state index contributed by atoms with van der Waals surface area (Å²) in [5, 5.41) is 8.96. The van der Waals surface area contributed by atoms with Gasteiger partial charge in [-0.15, -0.1) is 13.2 Å². The molecule has 0 heterocycles. The van der Waals surface area contributed by atoms with Gasteiger partial charge in [0.1, 0.15) is 17.2 Å². The maximum Gasteiger partial charge on any atom is 0.573 e. The van der Waals surface area contributed by atoms with Crippen LogP contribution in [0.3, 0.4) is 0 Å². The van der Waals surface area contributed by atoms with Crippen LogP contribution in [0.2, 0.25) is 0 Å². The number of aryl methyl sites for hydroxylation is 1. The van der Waals surface area contributed by atoms with Crippen LogP contribution in [-0.2, 0) is 17.4 Å². The lowest BCUT2D eigenvalue weighted by Crippen LogP contribution is -2.16. The van der Waals surface area contributed by atoms with Gasteiger partial charge in [0.05, 0.1) is 5.56 Å². The summed E-state index contributed by atoms with van der Waals surface area (Å²) in [6, 6.07) is 13.8. The van der Waals surface area contributed by atoms with Crippen molar-refractivity contribution in [2.45, 2.75) is 25.4 Å². The van der Waals surface area contributed by atoms with Gasteiger partial charge in [0.2, 0.25) is 0 Å². The van der Waals surface area contributed by atoms with Gasteiger partial charge in [-0.3, -0.25) is 4.79 Å². The van der Waals surface area contributed by atoms with E-state index in [0.29, 0.717) is 16.7 Å². The van der Waals surface area contributed by atoms with E-state index in [9.17, 15) is 31.1 Å². The predicted octanol–water partition coefficient (Wildman–Crippen LogP) is 7.08. The fourth-order valence-corrected chi connectivity index (χ4v) is 2.97. The Morgan fingerprint density at radius 2 is 1.36 bits per heavy atom. The number of carboxylic acid groups (broad SMARTS) is 1. The van der Waals surface area contributed by atoms with Crippen molar-refractivity contribution in [3.05, 3.63) is 77.9 Å². The molecule has 0 saturated carbocycles. The van der Waals surface area contributed by atoms with E-state index in [0.717, 1.165) is 36.4 Å². The number of alkyl halides is 6. The first-order chi connectivity index (χ1) is 15.4. The van der Waals surface area contributed by atoms with Gasteiger partial charge < -0.3 is 14.6 Å². The molecule has 3 rings (SSSR count). The van der Waals surface area contributed by atoms with Crippen LogP contribution in [0.1, 0.15) is 17.5 Å². The lowest BCUT2D eigenvalue weighted by molar-refractivity contribution is -0.274. The van der Waals surface area contributed by atoms with Crippen LogP contribution in [0, 0.1) is 0 Å². The van der Waals surface area contributed by atoms with Gasteiger partial charge >= 0.3 is 18.5 Å². The molecule has 0 aliphatic carbocycles. The first-order valence-electron chi connectivity index (χ1n) is 9.47. The highest BCUT2D eigenvalue weighted by atomic mass is 19.4. The number of aliphatic carboxylic acids is 1. The molecule has 0 aliphatic rings. The molecule has 3 aromatic carbocycles. The van der Waals surface area contributed by atoms with Crippen molar-refractivity contribution in [2.75, 3.05) is 0 Å². The van der Waals surface area contributed by atoms with Gasteiger partial charge in [-0.25, -0.2) is 0 Å². The molecule has 0 aromatic heterocycles. The maximum absolute atomic E-state index is 12.8. The number of halogens is 6. The number of hydrogen-bond acceptors (Lipinski definition) is 3. The molecule has 0 saturated heterocycles. The molecule has 0 spiro atoms. The summed E-state index contributed by atoms with van der Waals surface area (Å²) >= 11 is 0. The molecule has 0 aliphatic heterocycles. The molecule has 33 heavy (non-hydrogen) atoms. The number of carboxylic acids is 1. The van der Waals surface area contributed by atoms with E-state index >= 15 is 0 Å². The SMILES string of the molecule is O=C(O)CCc1ccc(-c2ccc(OC(F)(F)F)cc2)cc1Oc1ccc(C(F)(F)F)cc1. The van der Waals surface area contributed by atoms with E-state index in [1.165, 1.54) is 18.2 Å². The van der Waals surface area contributed by atoms with Gasteiger partial charge in [-0.05, 0) is 65.6 Å².